The van der Waals surface area contributed by atoms with E-state index in [1.807, 2.05) is 30.3 Å². The van der Waals surface area contributed by atoms with E-state index in [-0.39, 0.29) is 17.1 Å². The summed E-state index contributed by atoms with van der Waals surface area (Å²) >= 11 is 0. The summed E-state index contributed by atoms with van der Waals surface area (Å²) in [6.07, 6.45) is -3.33. The molecule has 1 saturated heterocycles. The van der Waals surface area contributed by atoms with Crippen molar-refractivity contribution in [1.29, 1.82) is 0 Å². The van der Waals surface area contributed by atoms with Crippen molar-refractivity contribution in [1.82, 2.24) is 5.32 Å². The molecule has 0 spiro atoms. The van der Waals surface area contributed by atoms with Crippen molar-refractivity contribution >= 4 is 19.2 Å². The number of nitrogens with one attached hydrogen (secondary N) is 1. The molecule has 1 amide bonds. The van der Waals surface area contributed by atoms with E-state index in [0.29, 0.717) is 18.3 Å². The first-order valence-corrected chi connectivity index (χ1v) is 10.4. The molecule has 7 nitrogen and oxygen atoms in total. The molecule has 1 aromatic rings. The molecule has 176 valence electrons. The highest BCUT2D eigenvalue weighted by atomic mass is 19.4. The highest BCUT2D eigenvalue weighted by molar-refractivity contribution is 6.47. The molecule has 4 fully saturated rings. The van der Waals surface area contributed by atoms with Crippen molar-refractivity contribution in [2.45, 2.75) is 63.9 Å². The Morgan fingerprint density at radius 2 is 1.78 bits per heavy atom. The molecule has 1 aromatic carbocycles. The number of benzene rings is 1. The van der Waals surface area contributed by atoms with Gasteiger partial charge in [-0.2, -0.15) is 13.2 Å². The Labute approximate surface area is 184 Å². The smallest absolute Gasteiger partial charge is 0.475 e. The molecule has 1 heterocycles. The minimum Gasteiger partial charge on any atom is -0.475 e. The van der Waals surface area contributed by atoms with E-state index >= 15 is 0 Å². The van der Waals surface area contributed by atoms with Crippen LogP contribution in [0.3, 0.4) is 0 Å². The van der Waals surface area contributed by atoms with Crippen LogP contribution in [-0.2, 0) is 20.5 Å². The van der Waals surface area contributed by atoms with Crippen LogP contribution >= 0.6 is 0 Å². The van der Waals surface area contributed by atoms with E-state index in [0.717, 1.165) is 12.0 Å². The molecule has 0 radical (unpaired) electrons. The van der Waals surface area contributed by atoms with E-state index in [1.165, 1.54) is 6.42 Å². The molecule has 0 aromatic heterocycles. The Morgan fingerprint density at radius 1 is 1.19 bits per heavy atom. The van der Waals surface area contributed by atoms with E-state index in [9.17, 15) is 23.1 Å². The van der Waals surface area contributed by atoms with Crippen LogP contribution in [0.4, 0.5) is 18.0 Å². The molecule has 3 aliphatic carbocycles. The first kappa shape index (κ1) is 24.4. The Morgan fingerprint density at radius 3 is 2.28 bits per heavy atom. The SMILES string of the molecule is CC1(C)[C@@H]2C[C@H]3OB([C@H](Cc4ccccc4)NC(=O)O)O[C@@]3(C)[C@H]1C2.O=C(O)C(F)(F)F. The molecule has 3 N–H and O–H groups in total. The van der Waals surface area contributed by atoms with Gasteiger partial charge in [0.2, 0.25) is 0 Å². The van der Waals surface area contributed by atoms with E-state index < -0.39 is 31.3 Å². The molecule has 0 unspecified atom stereocenters. The van der Waals surface area contributed by atoms with Crippen LogP contribution in [0, 0.1) is 17.3 Å². The fourth-order valence-electron chi connectivity index (χ4n) is 5.31. The molecular weight excluding hydrogens is 430 g/mol. The summed E-state index contributed by atoms with van der Waals surface area (Å²) in [4.78, 5) is 20.2. The Balaban J connectivity index is 0.000000360. The second kappa shape index (κ2) is 8.59. The van der Waals surface area contributed by atoms with E-state index in [4.69, 9.17) is 19.2 Å². The van der Waals surface area contributed by atoms with Crippen LogP contribution in [0.1, 0.15) is 39.2 Å². The zero-order valence-corrected chi connectivity index (χ0v) is 18.1. The standard InChI is InChI=1S/C19H26BNO4.C2HF3O2/c1-18(2)13-10-14(18)19(3)15(11-13)24-20(25-19)16(21-17(22)23)9-12-7-5-4-6-8-12;3-2(4,5)1(6)7/h4-8,13-16,21H,9-11H2,1-3H3,(H,22,23);(H,6,7)/t13-,14-,15+,16-,19-;/m0./s1. The lowest BCUT2D eigenvalue weighted by atomic mass is 9.43. The third-order valence-corrected chi connectivity index (χ3v) is 7.15. The van der Waals surface area contributed by atoms with E-state index in [1.54, 1.807) is 0 Å². The lowest BCUT2D eigenvalue weighted by Crippen LogP contribution is -2.65. The lowest BCUT2D eigenvalue weighted by Gasteiger charge is -2.64. The summed E-state index contributed by atoms with van der Waals surface area (Å²) < 4.78 is 44.4. The maximum atomic E-state index is 11.3. The summed E-state index contributed by atoms with van der Waals surface area (Å²) in [7, 11) is -0.540. The van der Waals surface area contributed by atoms with Crippen LogP contribution in [0.5, 0.6) is 0 Å². The molecular formula is C21H27BF3NO6. The quantitative estimate of drug-likeness (QED) is 0.595. The number of halogens is 3. The molecule has 4 aliphatic rings. The van der Waals surface area contributed by atoms with Crippen molar-refractivity contribution < 1.29 is 42.3 Å². The second-order valence-electron chi connectivity index (χ2n) is 9.39. The Bertz CT molecular complexity index is 852. The predicted molar refractivity (Wildman–Crippen MR) is 109 cm³/mol. The number of hydrogen-bond acceptors (Lipinski definition) is 4. The zero-order chi connectivity index (χ0) is 23.9. The molecule has 5 rings (SSSR count). The fraction of sp³-hybridized carbons (Fsp3) is 0.619. The van der Waals surface area contributed by atoms with Crippen molar-refractivity contribution in [3.05, 3.63) is 35.9 Å². The number of amides is 1. The number of carboxylic acid groups (broad SMARTS) is 2. The number of aliphatic carboxylic acids is 1. The molecule has 11 heteroatoms. The maximum Gasteiger partial charge on any atom is 0.490 e. The summed E-state index contributed by atoms with van der Waals surface area (Å²) in [5.74, 6) is -2.02. The number of rotatable bonds is 4. The summed E-state index contributed by atoms with van der Waals surface area (Å²) in [6, 6.07) is 9.88. The van der Waals surface area contributed by atoms with Crippen LogP contribution < -0.4 is 5.32 Å². The molecule has 1 aliphatic heterocycles. The first-order chi connectivity index (χ1) is 14.7. The summed E-state index contributed by atoms with van der Waals surface area (Å²) in [5, 5.41) is 19.0. The molecule has 32 heavy (non-hydrogen) atoms. The van der Waals surface area contributed by atoms with Gasteiger partial charge in [-0.3, -0.25) is 0 Å². The van der Waals surface area contributed by atoms with Crippen molar-refractivity contribution in [2.75, 3.05) is 0 Å². The normalized spacial score (nSPS) is 30.8. The average molecular weight is 457 g/mol. The third kappa shape index (κ3) is 4.73. The first-order valence-electron chi connectivity index (χ1n) is 10.4. The van der Waals surface area contributed by atoms with Gasteiger partial charge in [0.15, 0.2) is 0 Å². The third-order valence-electron chi connectivity index (χ3n) is 7.15. The molecule has 3 saturated carbocycles. The molecule has 5 atom stereocenters. The monoisotopic (exact) mass is 457 g/mol. The fourth-order valence-corrected chi connectivity index (χ4v) is 5.31. The van der Waals surface area contributed by atoms with Gasteiger partial charge in [-0.05, 0) is 49.0 Å². The molecule has 2 bridgehead atoms. The van der Waals surface area contributed by atoms with Gasteiger partial charge < -0.3 is 24.8 Å². The Hall–Kier alpha value is -2.27. The van der Waals surface area contributed by atoms with Gasteiger partial charge in [-0.25, -0.2) is 9.59 Å². The van der Waals surface area contributed by atoms with Gasteiger partial charge in [-0.15, -0.1) is 0 Å². The maximum absolute atomic E-state index is 11.3. The van der Waals surface area contributed by atoms with Gasteiger partial charge in [0.05, 0.1) is 17.6 Å². The average Bonchev–Trinajstić information content (AvgIpc) is 3.04. The summed E-state index contributed by atoms with van der Waals surface area (Å²) in [5.41, 5.74) is 1.02. The van der Waals surface area contributed by atoms with Gasteiger partial charge in [0, 0.05) is 0 Å². The number of hydrogen-bond donors (Lipinski definition) is 3. The largest absolute Gasteiger partial charge is 0.490 e. The van der Waals surface area contributed by atoms with Gasteiger partial charge in [0.1, 0.15) is 0 Å². The van der Waals surface area contributed by atoms with Crippen LogP contribution in [0.2, 0.25) is 0 Å². The number of carboxylic acids is 1. The minimum absolute atomic E-state index is 0.0585. The number of alkyl halides is 3. The highest BCUT2D eigenvalue weighted by Gasteiger charge is 2.68. The van der Waals surface area contributed by atoms with Crippen LogP contribution in [-0.4, -0.2) is 53.2 Å². The highest BCUT2D eigenvalue weighted by Crippen LogP contribution is 2.65. The topological polar surface area (TPSA) is 105 Å². The zero-order valence-electron chi connectivity index (χ0n) is 18.1. The van der Waals surface area contributed by atoms with E-state index in [2.05, 4.69) is 26.1 Å². The number of carbonyl (C=O) groups is 2. The van der Waals surface area contributed by atoms with Crippen molar-refractivity contribution in [2.24, 2.45) is 17.3 Å². The van der Waals surface area contributed by atoms with Crippen molar-refractivity contribution in [3.63, 3.8) is 0 Å². The summed E-state index contributed by atoms with van der Waals surface area (Å²) in [6.45, 7) is 6.79. The Kier molecular flexibility index (Phi) is 6.54. The minimum atomic E-state index is -5.08. The van der Waals surface area contributed by atoms with Crippen LogP contribution in [0.15, 0.2) is 30.3 Å². The lowest BCUT2D eigenvalue weighted by molar-refractivity contribution is -0.199. The van der Waals surface area contributed by atoms with Gasteiger partial charge in [-0.1, -0.05) is 44.2 Å². The van der Waals surface area contributed by atoms with Crippen LogP contribution in [0.25, 0.3) is 0 Å². The van der Waals surface area contributed by atoms with Gasteiger partial charge >= 0.3 is 25.4 Å². The second-order valence-corrected chi connectivity index (χ2v) is 9.39. The van der Waals surface area contributed by atoms with Gasteiger partial charge in [0.25, 0.3) is 0 Å². The predicted octanol–water partition coefficient (Wildman–Crippen LogP) is 3.77. The van der Waals surface area contributed by atoms with Crippen molar-refractivity contribution in [3.8, 4) is 0 Å².